The molecule has 28 heavy (non-hydrogen) atoms. The quantitative estimate of drug-likeness (QED) is 0.215. The lowest BCUT2D eigenvalue weighted by Gasteiger charge is -2.06. The maximum atomic E-state index is 6.12. The molecule has 0 spiro atoms. The third kappa shape index (κ3) is 6.06. The van der Waals surface area contributed by atoms with Crippen LogP contribution in [-0.2, 0) is 0 Å². The first-order chi connectivity index (χ1) is 13.7. The average molecular weight is 395 g/mol. The minimum Gasteiger partial charge on any atom is -0.494 e. The summed E-state index contributed by atoms with van der Waals surface area (Å²) in [5.41, 5.74) is 4.76. The Hall–Kier alpha value is -2.92. The second kappa shape index (κ2) is 10.4. The summed E-state index contributed by atoms with van der Waals surface area (Å²) in [6.07, 6.45) is 5.18. The van der Waals surface area contributed by atoms with Gasteiger partial charge in [-0.25, -0.2) is 9.97 Å². The summed E-state index contributed by atoms with van der Waals surface area (Å²) >= 11 is 6.12. The molecule has 0 fully saturated rings. The topological polar surface area (TPSA) is 59.4 Å². The van der Waals surface area contributed by atoms with Crippen LogP contribution >= 0.6 is 11.6 Å². The monoisotopic (exact) mass is 394 g/mol. The first kappa shape index (κ1) is 19.8. The highest BCUT2D eigenvalue weighted by atomic mass is 35.5. The minimum absolute atomic E-state index is 0.358. The van der Waals surface area contributed by atoms with Gasteiger partial charge in [0.05, 0.1) is 12.8 Å². The number of benzene rings is 2. The number of ether oxygens (including phenoxy) is 1. The molecule has 0 bridgehead atoms. The average Bonchev–Trinajstić information content (AvgIpc) is 2.73. The largest absolute Gasteiger partial charge is 0.494 e. The van der Waals surface area contributed by atoms with Gasteiger partial charge in [0.25, 0.3) is 0 Å². The highest BCUT2D eigenvalue weighted by Gasteiger charge is 2.05. The Labute approximate surface area is 170 Å². The Kier molecular flexibility index (Phi) is 7.38. The molecule has 0 aliphatic rings. The van der Waals surface area contributed by atoms with Crippen molar-refractivity contribution in [3.63, 3.8) is 0 Å². The van der Waals surface area contributed by atoms with Crippen molar-refractivity contribution in [3.05, 3.63) is 71.4 Å². The maximum absolute atomic E-state index is 6.12. The molecule has 0 unspecified atom stereocenters. The molecule has 1 aromatic heterocycles. The van der Waals surface area contributed by atoms with Gasteiger partial charge in [-0.2, -0.15) is 5.10 Å². The zero-order valence-electron chi connectivity index (χ0n) is 15.8. The van der Waals surface area contributed by atoms with Gasteiger partial charge in [0.1, 0.15) is 10.9 Å². The molecule has 1 heterocycles. The van der Waals surface area contributed by atoms with Crippen molar-refractivity contribution in [2.24, 2.45) is 5.10 Å². The fraction of sp³-hybridized carbons (Fsp3) is 0.227. The standard InChI is InChI=1S/C22H23ClN4O/c1-2-3-7-14-28-19-12-10-17(11-13-19)16-24-27-21-15-20(23)25-22(26-21)18-8-5-4-6-9-18/h4-6,8-13,15-16H,2-3,7,14H2,1H3,(H,25,26,27). The molecule has 3 rings (SSSR count). The highest BCUT2D eigenvalue weighted by Crippen LogP contribution is 2.20. The van der Waals surface area contributed by atoms with E-state index >= 15 is 0 Å². The van der Waals surface area contributed by atoms with E-state index in [0.29, 0.717) is 16.8 Å². The van der Waals surface area contributed by atoms with Gasteiger partial charge in [0.2, 0.25) is 0 Å². The number of unbranched alkanes of at least 4 members (excludes halogenated alkanes) is 2. The zero-order chi connectivity index (χ0) is 19.6. The first-order valence-electron chi connectivity index (χ1n) is 9.36. The van der Waals surface area contributed by atoms with Crippen LogP contribution in [0.1, 0.15) is 31.7 Å². The molecule has 6 heteroatoms. The molecular formula is C22H23ClN4O. The normalized spacial score (nSPS) is 10.9. The van der Waals surface area contributed by atoms with Gasteiger partial charge in [-0.3, -0.25) is 5.43 Å². The first-order valence-corrected chi connectivity index (χ1v) is 9.74. The fourth-order valence-corrected chi connectivity index (χ4v) is 2.74. The number of nitrogens with zero attached hydrogens (tertiary/aromatic N) is 3. The Morgan fingerprint density at radius 3 is 2.57 bits per heavy atom. The number of hydrogen-bond donors (Lipinski definition) is 1. The Bertz CT molecular complexity index is 898. The molecule has 0 saturated carbocycles. The zero-order valence-corrected chi connectivity index (χ0v) is 16.6. The van der Waals surface area contributed by atoms with Crippen LogP contribution < -0.4 is 10.2 Å². The van der Waals surface area contributed by atoms with Gasteiger partial charge in [-0.05, 0) is 36.2 Å². The van der Waals surface area contributed by atoms with Crippen LogP contribution in [0.2, 0.25) is 5.15 Å². The maximum Gasteiger partial charge on any atom is 0.163 e. The molecular weight excluding hydrogens is 372 g/mol. The molecule has 0 radical (unpaired) electrons. The lowest BCUT2D eigenvalue weighted by molar-refractivity contribution is 0.306. The summed E-state index contributed by atoms with van der Waals surface area (Å²) in [4.78, 5) is 8.72. The summed E-state index contributed by atoms with van der Waals surface area (Å²) in [6, 6.07) is 19.1. The summed E-state index contributed by atoms with van der Waals surface area (Å²) in [6.45, 7) is 2.93. The van der Waals surface area contributed by atoms with Crippen molar-refractivity contribution in [1.29, 1.82) is 0 Å². The molecule has 0 aliphatic heterocycles. The molecule has 0 amide bonds. The second-order valence-corrected chi connectivity index (χ2v) is 6.65. The van der Waals surface area contributed by atoms with Crippen LogP contribution in [0.15, 0.2) is 65.8 Å². The highest BCUT2D eigenvalue weighted by molar-refractivity contribution is 6.29. The Morgan fingerprint density at radius 1 is 1.04 bits per heavy atom. The smallest absolute Gasteiger partial charge is 0.163 e. The van der Waals surface area contributed by atoms with E-state index in [1.54, 1.807) is 12.3 Å². The lowest BCUT2D eigenvalue weighted by atomic mass is 10.2. The molecule has 1 N–H and O–H groups in total. The SMILES string of the molecule is CCCCCOc1ccc(C=NNc2cc(Cl)nc(-c3ccccc3)n2)cc1. The van der Waals surface area contributed by atoms with Crippen LogP contribution in [0.25, 0.3) is 11.4 Å². The van der Waals surface area contributed by atoms with Crippen molar-refractivity contribution < 1.29 is 4.74 Å². The van der Waals surface area contributed by atoms with E-state index in [0.717, 1.165) is 29.9 Å². The van der Waals surface area contributed by atoms with E-state index in [2.05, 4.69) is 27.4 Å². The van der Waals surface area contributed by atoms with E-state index in [1.165, 1.54) is 12.8 Å². The number of hydrazone groups is 1. The van der Waals surface area contributed by atoms with Crippen molar-refractivity contribution in [2.75, 3.05) is 12.0 Å². The van der Waals surface area contributed by atoms with E-state index in [9.17, 15) is 0 Å². The number of hydrogen-bond acceptors (Lipinski definition) is 5. The minimum atomic E-state index is 0.358. The number of aromatic nitrogens is 2. The van der Waals surface area contributed by atoms with Gasteiger partial charge >= 0.3 is 0 Å². The van der Waals surface area contributed by atoms with Gasteiger partial charge in [-0.15, -0.1) is 0 Å². The number of halogens is 1. The molecule has 3 aromatic rings. The predicted molar refractivity (Wildman–Crippen MR) is 115 cm³/mol. The van der Waals surface area contributed by atoms with Gasteiger partial charge in [0, 0.05) is 11.6 Å². The molecule has 0 saturated heterocycles. The Balaban J connectivity index is 1.59. The van der Waals surface area contributed by atoms with Gasteiger partial charge < -0.3 is 4.74 Å². The van der Waals surface area contributed by atoms with Gasteiger partial charge in [0.15, 0.2) is 11.6 Å². The number of nitrogens with one attached hydrogen (secondary N) is 1. The van der Waals surface area contributed by atoms with Crippen molar-refractivity contribution in [1.82, 2.24) is 9.97 Å². The predicted octanol–water partition coefficient (Wildman–Crippen LogP) is 5.81. The second-order valence-electron chi connectivity index (χ2n) is 6.26. The van der Waals surface area contributed by atoms with Crippen LogP contribution in [0.5, 0.6) is 5.75 Å². The molecule has 2 aromatic carbocycles. The van der Waals surface area contributed by atoms with Crippen molar-refractivity contribution >= 4 is 23.6 Å². The summed E-state index contributed by atoms with van der Waals surface area (Å²) in [5.74, 6) is 1.96. The van der Waals surface area contributed by atoms with E-state index in [4.69, 9.17) is 16.3 Å². The number of anilines is 1. The summed E-state index contributed by atoms with van der Waals surface area (Å²) < 4.78 is 5.71. The van der Waals surface area contributed by atoms with Crippen molar-refractivity contribution in [2.45, 2.75) is 26.2 Å². The molecule has 144 valence electrons. The number of rotatable bonds is 9. The van der Waals surface area contributed by atoms with Gasteiger partial charge in [-0.1, -0.05) is 61.7 Å². The lowest BCUT2D eigenvalue weighted by Crippen LogP contribution is -1.98. The van der Waals surface area contributed by atoms with Crippen LogP contribution in [0.3, 0.4) is 0 Å². The third-order valence-electron chi connectivity index (χ3n) is 4.02. The molecule has 0 atom stereocenters. The van der Waals surface area contributed by atoms with Crippen LogP contribution in [0.4, 0.5) is 5.82 Å². The van der Waals surface area contributed by atoms with Crippen molar-refractivity contribution in [3.8, 4) is 17.1 Å². The summed E-state index contributed by atoms with van der Waals surface area (Å²) in [5, 5.41) is 4.60. The third-order valence-corrected chi connectivity index (χ3v) is 4.21. The summed E-state index contributed by atoms with van der Waals surface area (Å²) in [7, 11) is 0. The Morgan fingerprint density at radius 2 is 1.82 bits per heavy atom. The van der Waals surface area contributed by atoms with E-state index < -0.39 is 0 Å². The van der Waals surface area contributed by atoms with Crippen LogP contribution in [-0.4, -0.2) is 22.8 Å². The van der Waals surface area contributed by atoms with E-state index in [1.807, 2.05) is 54.6 Å². The molecule has 0 aliphatic carbocycles. The molecule has 5 nitrogen and oxygen atoms in total. The fourth-order valence-electron chi connectivity index (χ4n) is 2.56. The van der Waals surface area contributed by atoms with Crippen LogP contribution in [0, 0.1) is 0 Å². The van der Waals surface area contributed by atoms with E-state index in [-0.39, 0.29) is 0 Å².